The minimum absolute atomic E-state index is 0.140. The van der Waals surface area contributed by atoms with E-state index in [-0.39, 0.29) is 36.1 Å². The number of rotatable bonds is 8. The summed E-state index contributed by atoms with van der Waals surface area (Å²) in [6, 6.07) is 2.15. The molecule has 0 spiro atoms. The van der Waals surface area contributed by atoms with Gasteiger partial charge >= 0.3 is 11.9 Å². The predicted octanol–water partition coefficient (Wildman–Crippen LogP) is 0.322. The van der Waals surface area contributed by atoms with E-state index in [1.807, 2.05) is 0 Å². The van der Waals surface area contributed by atoms with Crippen LogP contribution in [0, 0.1) is 0 Å². The maximum Gasteiger partial charge on any atom is 0.352 e. The van der Waals surface area contributed by atoms with E-state index in [4.69, 9.17) is 14.0 Å². The van der Waals surface area contributed by atoms with Crippen molar-refractivity contribution in [3.63, 3.8) is 0 Å². The quantitative estimate of drug-likeness (QED) is 0.254. The summed E-state index contributed by atoms with van der Waals surface area (Å²) in [6.45, 7) is 2.91. The number of carboxylic acids is 1. The average Bonchev–Trinajstić information content (AvgIpc) is 3.24. The van der Waals surface area contributed by atoms with Crippen molar-refractivity contribution in [2.75, 3.05) is 19.0 Å². The van der Waals surface area contributed by atoms with Crippen LogP contribution in [-0.4, -0.2) is 69.9 Å². The van der Waals surface area contributed by atoms with Crippen LogP contribution in [0.3, 0.4) is 0 Å². The maximum atomic E-state index is 12.7. The number of furan rings is 1. The second-order valence-corrected chi connectivity index (χ2v) is 7.34. The summed E-state index contributed by atoms with van der Waals surface area (Å²) in [5.41, 5.74) is -0.0607. The first kappa shape index (κ1) is 21.4. The van der Waals surface area contributed by atoms with Crippen LogP contribution in [0.15, 0.2) is 39.2 Å². The van der Waals surface area contributed by atoms with Gasteiger partial charge in [0.1, 0.15) is 30.3 Å². The zero-order valence-electron chi connectivity index (χ0n) is 16.1. The Morgan fingerprint density at radius 2 is 2.20 bits per heavy atom. The molecule has 0 aliphatic carbocycles. The normalized spacial score (nSPS) is 20.9. The van der Waals surface area contributed by atoms with Crippen LogP contribution < -0.4 is 5.32 Å². The Hall–Kier alpha value is -3.28. The second-order valence-electron chi connectivity index (χ2n) is 6.23. The van der Waals surface area contributed by atoms with Crippen LogP contribution in [0.4, 0.5) is 0 Å². The number of carboxylic acid groups (broad SMARTS) is 1. The molecule has 1 aromatic rings. The van der Waals surface area contributed by atoms with E-state index in [1.54, 1.807) is 13.0 Å². The molecule has 0 aromatic carbocycles. The lowest BCUT2D eigenvalue weighted by Crippen LogP contribution is -2.71. The molecule has 1 aromatic heterocycles. The predicted molar refractivity (Wildman–Crippen MR) is 103 cm³/mol. The average molecular weight is 437 g/mol. The summed E-state index contributed by atoms with van der Waals surface area (Å²) in [7, 11) is 0. The Labute approximate surface area is 175 Å². The van der Waals surface area contributed by atoms with Crippen LogP contribution in [0.2, 0.25) is 0 Å². The number of oxime groups is 1. The third-order valence-electron chi connectivity index (χ3n) is 4.24. The van der Waals surface area contributed by atoms with E-state index in [0.717, 1.165) is 4.90 Å². The van der Waals surface area contributed by atoms with Crippen molar-refractivity contribution in [1.82, 2.24) is 10.2 Å². The smallest absolute Gasteiger partial charge is 0.352 e. The fourth-order valence-electron chi connectivity index (χ4n) is 2.93. The molecule has 1 saturated heterocycles. The molecule has 0 unspecified atom stereocenters. The van der Waals surface area contributed by atoms with Gasteiger partial charge in [-0.05, 0) is 19.1 Å². The second kappa shape index (κ2) is 9.03. The van der Waals surface area contributed by atoms with Crippen LogP contribution in [0.1, 0.15) is 19.6 Å². The number of carbonyl (C=O) groups excluding carboxylic acids is 3. The largest absolute Gasteiger partial charge is 0.477 e. The lowest BCUT2D eigenvalue weighted by Gasteiger charge is -2.49. The number of hydrogen-bond acceptors (Lipinski definition) is 9. The number of thioether (sulfide) groups is 1. The lowest BCUT2D eigenvalue weighted by atomic mass is 10.0. The van der Waals surface area contributed by atoms with E-state index in [9.17, 15) is 24.3 Å². The van der Waals surface area contributed by atoms with Gasteiger partial charge in [-0.1, -0.05) is 5.16 Å². The molecule has 0 radical (unpaired) electrons. The van der Waals surface area contributed by atoms with Crippen molar-refractivity contribution in [2.45, 2.75) is 25.3 Å². The third-order valence-corrected chi connectivity index (χ3v) is 5.58. The Balaban J connectivity index is 1.76. The Bertz CT molecular complexity index is 924. The Kier molecular flexibility index (Phi) is 6.45. The summed E-state index contributed by atoms with van der Waals surface area (Å²) >= 11 is 1.26. The van der Waals surface area contributed by atoms with Crippen LogP contribution >= 0.6 is 11.8 Å². The Morgan fingerprint density at radius 1 is 1.43 bits per heavy atom. The summed E-state index contributed by atoms with van der Waals surface area (Å²) in [4.78, 5) is 54.1. The fourth-order valence-corrected chi connectivity index (χ4v) is 4.26. The van der Waals surface area contributed by atoms with Crippen molar-refractivity contribution in [1.29, 1.82) is 0 Å². The van der Waals surface area contributed by atoms with Crippen LogP contribution in [-0.2, 0) is 28.8 Å². The van der Waals surface area contributed by atoms with Gasteiger partial charge < -0.3 is 24.4 Å². The number of hydrogen-bond donors (Lipinski definition) is 2. The number of aliphatic carboxylic acids is 1. The van der Waals surface area contributed by atoms with E-state index >= 15 is 0 Å². The molecule has 30 heavy (non-hydrogen) atoms. The van der Waals surface area contributed by atoms with Crippen molar-refractivity contribution < 1.29 is 38.3 Å². The first-order valence-corrected chi connectivity index (χ1v) is 9.98. The number of esters is 1. The van der Waals surface area contributed by atoms with Crippen molar-refractivity contribution in [3.05, 3.63) is 35.4 Å². The van der Waals surface area contributed by atoms with Gasteiger partial charge in [-0.3, -0.25) is 19.3 Å². The van der Waals surface area contributed by atoms with Crippen molar-refractivity contribution in [3.8, 4) is 0 Å². The summed E-state index contributed by atoms with van der Waals surface area (Å²) in [5, 5.41) is 15.3. The van der Waals surface area contributed by atoms with Gasteiger partial charge in [0.25, 0.3) is 11.8 Å². The molecule has 3 rings (SSSR count). The van der Waals surface area contributed by atoms with Crippen LogP contribution in [0.5, 0.6) is 0 Å². The highest BCUT2D eigenvalue weighted by molar-refractivity contribution is 8.00. The molecule has 2 N–H and O–H groups in total. The monoisotopic (exact) mass is 437 g/mol. The van der Waals surface area contributed by atoms with Gasteiger partial charge in [0.15, 0.2) is 5.76 Å². The van der Waals surface area contributed by atoms with Gasteiger partial charge in [-0.25, -0.2) is 4.79 Å². The summed E-state index contributed by atoms with van der Waals surface area (Å²) < 4.78 is 10.1. The molecule has 3 heterocycles. The standard InChI is InChI=1S/C18H19N3O8S/c1-3-29-20-12(11-5-4-6-27-11)15(23)19-13-16(24)21-14(18(25)26)10(7-28-9(2)22)8-30-17(13)21/h4-6,13,17H,3,7-8H2,1-2H3,(H,19,23)(H,25,26)/t13-,17-/m1/s1. The van der Waals surface area contributed by atoms with Gasteiger partial charge in [0.05, 0.1) is 6.26 Å². The number of carbonyl (C=O) groups is 4. The first-order valence-electron chi connectivity index (χ1n) is 8.93. The number of nitrogens with zero attached hydrogens (tertiary/aromatic N) is 2. The molecule has 11 nitrogen and oxygen atoms in total. The fraction of sp³-hybridized carbons (Fsp3) is 0.389. The molecular weight excluding hydrogens is 418 g/mol. The molecule has 1 fully saturated rings. The molecule has 160 valence electrons. The van der Waals surface area contributed by atoms with E-state index in [0.29, 0.717) is 5.57 Å². The van der Waals surface area contributed by atoms with E-state index < -0.39 is 35.2 Å². The molecule has 12 heteroatoms. The third kappa shape index (κ3) is 4.17. The molecule has 2 aliphatic rings. The number of amides is 2. The molecular formula is C18H19N3O8S. The van der Waals surface area contributed by atoms with E-state index in [1.165, 1.54) is 31.0 Å². The van der Waals surface area contributed by atoms with Crippen LogP contribution in [0.25, 0.3) is 0 Å². The summed E-state index contributed by atoms with van der Waals surface area (Å²) in [6.07, 6.45) is 1.37. The van der Waals surface area contributed by atoms with Gasteiger partial charge in [0.2, 0.25) is 5.71 Å². The summed E-state index contributed by atoms with van der Waals surface area (Å²) in [5.74, 6) is -2.76. The topological polar surface area (TPSA) is 148 Å². The van der Waals surface area contributed by atoms with E-state index in [2.05, 4.69) is 10.5 Å². The number of ether oxygens (including phenoxy) is 1. The molecule has 2 aliphatic heterocycles. The van der Waals surface area contributed by atoms with Gasteiger partial charge in [0, 0.05) is 18.2 Å². The molecule has 2 atom stereocenters. The number of β-lactam (4-membered cyclic amide) rings is 1. The number of fused-ring (bicyclic) bond motifs is 1. The molecule has 0 bridgehead atoms. The lowest BCUT2D eigenvalue weighted by molar-refractivity contribution is -0.150. The zero-order chi connectivity index (χ0) is 21.8. The van der Waals surface area contributed by atoms with Crippen molar-refractivity contribution in [2.24, 2.45) is 5.16 Å². The SMILES string of the molecule is CCON=C(C(=O)N[C@@H]1C(=O)N2C(C(=O)O)=C(COC(C)=O)CS[C@H]12)c1ccco1. The van der Waals surface area contributed by atoms with Crippen molar-refractivity contribution >= 4 is 41.2 Å². The highest BCUT2D eigenvalue weighted by atomic mass is 32.2. The molecule has 2 amide bonds. The Morgan fingerprint density at radius 3 is 2.80 bits per heavy atom. The zero-order valence-corrected chi connectivity index (χ0v) is 16.9. The first-order chi connectivity index (χ1) is 14.3. The maximum absolute atomic E-state index is 12.7. The minimum Gasteiger partial charge on any atom is -0.477 e. The van der Waals surface area contributed by atoms with Gasteiger partial charge in [-0.2, -0.15) is 0 Å². The highest BCUT2D eigenvalue weighted by Crippen LogP contribution is 2.40. The molecule has 0 saturated carbocycles. The van der Waals surface area contributed by atoms with Gasteiger partial charge in [-0.15, -0.1) is 11.8 Å². The minimum atomic E-state index is -1.31. The number of nitrogens with one attached hydrogen (secondary N) is 1. The highest BCUT2D eigenvalue weighted by Gasteiger charge is 2.54.